The summed E-state index contributed by atoms with van der Waals surface area (Å²) in [5, 5.41) is 0.560. The molecule has 0 spiro atoms. The molecule has 0 N–H and O–H groups in total. The Hall–Kier alpha value is -1.54. The highest BCUT2D eigenvalue weighted by Gasteiger charge is 2.49. The van der Waals surface area contributed by atoms with Crippen LogP contribution in [0.1, 0.15) is 12.8 Å². The van der Waals surface area contributed by atoms with E-state index < -0.39 is 9.84 Å². The zero-order valence-electron chi connectivity index (χ0n) is 13.2. The number of carbonyl (C=O) groups is 1. The molecule has 1 saturated carbocycles. The van der Waals surface area contributed by atoms with Gasteiger partial charge in [0, 0.05) is 16.9 Å². The summed E-state index contributed by atoms with van der Waals surface area (Å²) in [6.07, 6.45) is 1.81. The van der Waals surface area contributed by atoms with Crippen molar-refractivity contribution in [2.45, 2.75) is 24.1 Å². The van der Waals surface area contributed by atoms with Crippen LogP contribution >= 0.6 is 11.8 Å². The molecule has 128 valence electrons. The molecule has 4 rings (SSSR count). The van der Waals surface area contributed by atoms with Crippen LogP contribution in [0.3, 0.4) is 0 Å². The lowest BCUT2D eigenvalue weighted by Crippen LogP contribution is -2.37. The summed E-state index contributed by atoms with van der Waals surface area (Å²) < 4.78 is 29.2. The minimum Gasteiger partial charge on any atom is -0.497 e. The first-order chi connectivity index (χ1) is 11.5. The van der Waals surface area contributed by atoms with Gasteiger partial charge in [-0.15, -0.1) is 0 Å². The van der Waals surface area contributed by atoms with Gasteiger partial charge in [0.1, 0.15) is 5.75 Å². The number of fused-ring (bicyclic) bond motifs is 1. The van der Waals surface area contributed by atoms with Crippen molar-refractivity contribution < 1.29 is 17.9 Å². The Morgan fingerprint density at radius 3 is 2.58 bits per heavy atom. The standard InChI is InChI=1S/C16H18N2O4S2/c1-22-12-6-4-11(5-7-12)18-13-8-24(20,21)9-14(13)23-16(18)17-15(19)10-2-3-10/h4-7,10,13-14H,2-3,8-9H2,1H3/t13-,14-/m1/s1. The molecule has 6 nitrogen and oxygen atoms in total. The lowest BCUT2D eigenvalue weighted by atomic mass is 10.2. The summed E-state index contributed by atoms with van der Waals surface area (Å²) in [6.45, 7) is 0. The van der Waals surface area contributed by atoms with Gasteiger partial charge in [0.15, 0.2) is 15.0 Å². The van der Waals surface area contributed by atoms with E-state index in [9.17, 15) is 13.2 Å². The quantitative estimate of drug-likeness (QED) is 0.811. The van der Waals surface area contributed by atoms with E-state index in [1.165, 1.54) is 11.8 Å². The van der Waals surface area contributed by atoms with Crippen LogP contribution in [0, 0.1) is 5.92 Å². The number of methoxy groups -OCH3 is 1. The lowest BCUT2D eigenvalue weighted by Gasteiger charge is -2.24. The number of amidine groups is 1. The molecule has 2 atom stereocenters. The highest BCUT2D eigenvalue weighted by atomic mass is 32.2. The summed E-state index contributed by atoms with van der Waals surface area (Å²) >= 11 is 1.41. The molecule has 8 heteroatoms. The zero-order chi connectivity index (χ0) is 16.9. The number of amides is 1. The summed E-state index contributed by atoms with van der Waals surface area (Å²) in [5.74, 6) is 0.950. The largest absolute Gasteiger partial charge is 0.497 e. The second-order valence-electron chi connectivity index (χ2n) is 6.38. The van der Waals surface area contributed by atoms with Crippen molar-refractivity contribution in [2.75, 3.05) is 23.5 Å². The molecule has 2 saturated heterocycles. The number of aliphatic imine (C=N–C) groups is 1. The summed E-state index contributed by atoms with van der Waals surface area (Å²) in [4.78, 5) is 18.3. The van der Waals surface area contributed by atoms with E-state index in [0.29, 0.717) is 5.17 Å². The van der Waals surface area contributed by atoms with E-state index in [1.807, 2.05) is 29.2 Å². The SMILES string of the molecule is COc1ccc(N2C(=NC(=O)C3CC3)S[C@@H]3CS(=O)(=O)C[C@H]32)cc1. The molecule has 1 amide bonds. The van der Waals surface area contributed by atoms with Crippen LogP contribution in [0.25, 0.3) is 0 Å². The molecule has 1 aromatic carbocycles. The molecule has 0 aromatic heterocycles. The Balaban J connectivity index is 1.69. The minimum atomic E-state index is -3.04. The van der Waals surface area contributed by atoms with Crippen LogP contribution in [0.5, 0.6) is 5.75 Å². The number of sulfone groups is 1. The van der Waals surface area contributed by atoms with E-state index >= 15 is 0 Å². The molecule has 3 aliphatic rings. The van der Waals surface area contributed by atoms with Crippen LogP contribution in [-0.2, 0) is 14.6 Å². The van der Waals surface area contributed by atoms with Crippen LogP contribution in [0.2, 0.25) is 0 Å². The van der Waals surface area contributed by atoms with E-state index in [-0.39, 0.29) is 34.6 Å². The third kappa shape index (κ3) is 2.93. The monoisotopic (exact) mass is 366 g/mol. The number of anilines is 1. The molecule has 3 fully saturated rings. The van der Waals surface area contributed by atoms with Gasteiger partial charge >= 0.3 is 0 Å². The topological polar surface area (TPSA) is 76.0 Å². The van der Waals surface area contributed by atoms with Gasteiger partial charge in [-0.3, -0.25) is 4.79 Å². The first-order valence-electron chi connectivity index (χ1n) is 7.90. The second kappa shape index (κ2) is 5.77. The Bertz CT molecular complexity index is 800. The normalized spacial score (nSPS) is 29.7. The van der Waals surface area contributed by atoms with Gasteiger partial charge < -0.3 is 9.64 Å². The van der Waals surface area contributed by atoms with Gasteiger partial charge in [0.25, 0.3) is 5.91 Å². The van der Waals surface area contributed by atoms with E-state index in [0.717, 1.165) is 24.3 Å². The molecule has 1 aliphatic carbocycles. The molecular formula is C16H18N2O4S2. The van der Waals surface area contributed by atoms with Gasteiger partial charge in [-0.05, 0) is 37.1 Å². The predicted molar refractivity (Wildman–Crippen MR) is 94.5 cm³/mol. The van der Waals surface area contributed by atoms with Gasteiger partial charge in [-0.2, -0.15) is 4.99 Å². The fraction of sp³-hybridized carbons (Fsp3) is 0.500. The molecule has 0 unspecified atom stereocenters. The maximum absolute atomic E-state index is 12.1. The number of ether oxygens (including phenoxy) is 1. The number of benzene rings is 1. The third-order valence-corrected chi connectivity index (χ3v) is 7.76. The molecule has 0 radical (unpaired) electrons. The number of hydrogen-bond donors (Lipinski definition) is 0. The Morgan fingerprint density at radius 2 is 1.96 bits per heavy atom. The van der Waals surface area contributed by atoms with Crippen molar-refractivity contribution in [3.8, 4) is 5.75 Å². The van der Waals surface area contributed by atoms with Crippen LogP contribution in [0.15, 0.2) is 29.3 Å². The Kier molecular flexibility index (Phi) is 3.84. The first kappa shape index (κ1) is 16.0. The molecule has 1 aromatic rings. The van der Waals surface area contributed by atoms with Gasteiger partial charge in [0.2, 0.25) is 0 Å². The van der Waals surface area contributed by atoms with Crippen molar-refractivity contribution in [3.63, 3.8) is 0 Å². The van der Waals surface area contributed by atoms with Crippen molar-refractivity contribution in [1.82, 2.24) is 0 Å². The van der Waals surface area contributed by atoms with Gasteiger partial charge in [-0.1, -0.05) is 11.8 Å². The van der Waals surface area contributed by atoms with Crippen molar-refractivity contribution in [3.05, 3.63) is 24.3 Å². The van der Waals surface area contributed by atoms with E-state index in [1.54, 1.807) is 7.11 Å². The maximum atomic E-state index is 12.1. The number of carbonyl (C=O) groups excluding carboxylic acids is 1. The van der Waals surface area contributed by atoms with Gasteiger partial charge in [-0.25, -0.2) is 8.42 Å². The maximum Gasteiger partial charge on any atom is 0.251 e. The lowest BCUT2D eigenvalue weighted by molar-refractivity contribution is -0.118. The highest BCUT2D eigenvalue weighted by Crippen LogP contribution is 2.42. The molecule has 2 heterocycles. The molecular weight excluding hydrogens is 348 g/mol. The fourth-order valence-electron chi connectivity index (χ4n) is 3.13. The Morgan fingerprint density at radius 1 is 1.25 bits per heavy atom. The summed E-state index contributed by atoms with van der Waals surface area (Å²) in [5.41, 5.74) is 0.843. The molecule has 2 aliphatic heterocycles. The number of hydrogen-bond acceptors (Lipinski definition) is 5. The Labute approximate surface area is 145 Å². The molecule has 0 bridgehead atoms. The zero-order valence-corrected chi connectivity index (χ0v) is 14.8. The second-order valence-corrected chi connectivity index (χ2v) is 9.74. The summed E-state index contributed by atoms with van der Waals surface area (Å²) in [6, 6.07) is 7.25. The predicted octanol–water partition coefficient (Wildman–Crippen LogP) is 1.71. The summed E-state index contributed by atoms with van der Waals surface area (Å²) in [7, 11) is -1.44. The highest BCUT2D eigenvalue weighted by molar-refractivity contribution is 8.16. The van der Waals surface area contributed by atoms with Crippen molar-refractivity contribution in [1.29, 1.82) is 0 Å². The van der Waals surface area contributed by atoms with Gasteiger partial charge in [0.05, 0.1) is 24.7 Å². The number of rotatable bonds is 3. The van der Waals surface area contributed by atoms with Crippen molar-refractivity contribution >= 4 is 38.4 Å². The average Bonchev–Trinajstić information content (AvgIpc) is 3.28. The van der Waals surface area contributed by atoms with Crippen molar-refractivity contribution in [2.24, 2.45) is 10.9 Å². The number of thioether (sulfide) groups is 1. The van der Waals surface area contributed by atoms with E-state index in [4.69, 9.17) is 4.74 Å². The van der Waals surface area contributed by atoms with E-state index in [2.05, 4.69) is 4.99 Å². The fourth-order valence-corrected chi connectivity index (χ4v) is 7.04. The van der Waals surface area contributed by atoms with Crippen LogP contribution < -0.4 is 9.64 Å². The number of nitrogens with zero attached hydrogens (tertiary/aromatic N) is 2. The van der Waals surface area contributed by atoms with Crippen LogP contribution in [0.4, 0.5) is 5.69 Å². The first-order valence-corrected chi connectivity index (χ1v) is 10.6. The third-order valence-electron chi connectivity index (χ3n) is 4.55. The molecule has 24 heavy (non-hydrogen) atoms. The smallest absolute Gasteiger partial charge is 0.251 e. The average molecular weight is 366 g/mol. The van der Waals surface area contributed by atoms with Crippen LogP contribution in [-0.4, -0.2) is 49.4 Å². The minimum absolute atomic E-state index is 0.0555.